The summed E-state index contributed by atoms with van der Waals surface area (Å²) in [5.41, 5.74) is 1.53. The van der Waals surface area contributed by atoms with Crippen LogP contribution in [0.4, 0.5) is 0 Å². The van der Waals surface area contributed by atoms with Crippen molar-refractivity contribution >= 4 is 12.4 Å². The maximum absolute atomic E-state index is 5.63. The Labute approximate surface area is 144 Å². The van der Waals surface area contributed by atoms with Gasteiger partial charge in [0.05, 0.1) is 0 Å². The molecule has 1 aliphatic carbocycles. The van der Waals surface area contributed by atoms with Crippen LogP contribution in [-0.4, -0.2) is 32.6 Å². The number of hydrogen-bond donors (Lipinski definition) is 1. The van der Waals surface area contributed by atoms with Crippen LogP contribution in [0, 0.1) is 0 Å². The summed E-state index contributed by atoms with van der Waals surface area (Å²) in [6, 6.07) is 7.16. The third-order valence-corrected chi connectivity index (χ3v) is 5.52. The summed E-state index contributed by atoms with van der Waals surface area (Å²) < 4.78 is 16.7. The predicted molar refractivity (Wildman–Crippen MR) is 91.8 cm³/mol. The molecule has 3 aliphatic rings. The number of benzene rings is 1. The number of nitrogens with one attached hydrogen (secondary N) is 1. The number of fused-ring (bicyclic) bond motifs is 1. The van der Waals surface area contributed by atoms with Gasteiger partial charge in [0.2, 0.25) is 6.79 Å². The van der Waals surface area contributed by atoms with Gasteiger partial charge >= 0.3 is 0 Å². The van der Waals surface area contributed by atoms with Crippen molar-refractivity contribution in [3.63, 3.8) is 0 Å². The van der Waals surface area contributed by atoms with Crippen LogP contribution in [0.1, 0.15) is 44.1 Å². The molecule has 2 aliphatic heterocycles. The van der Waals surface area contributed by atoms with Crippen LogP contribution in [0.3, 0.4) is 0 Å². The maximum atomic E-state index is 5.63. The zero-order valence-corrected chi connectivity index (χ0v) is 14.3. The molecule has 0 spiro atoms. The summed E-state index contributed by atoms with van der Waals surface area (Å²) in [6.07, 6.45) is 7.55. The third kappa shape index (κ3) is 3.44. The van der Waals surface area contributed by atoms with Gasteiger partial charge in [-0.15, -0.1) is 12.4 Å². The number of halogens is 1. The molecular weight excluding hydrogens is 314 g/mol. The summed E-state index contributed by atoms with van der Waals surface area (Å²) >= 11 is 0. The van der Waals surface area contributed by atoms with Gasteiger partial charge in [-0.3, -0.25) is 0 Å². The van der Waals surface area contributed by atoms with Crippen molar-refractivity contribution in [1.82, 2.24) is 5.32 Å². The van der Waals surface area contributed by atoms with Crippen LogP contribution in [0.2, 0.25) is 0 Å². The van der Waals surface area contributed by atoms with Crippen molar-refractivity contribution in [2.45, 2.75) is 50.0 Å². The third-order valence-electron chi connectivity index (χ3n) is 5.52. The number of rotatable bonds is 4. The molecule has 5 heteroatoms. The summed E-state index contributed by atoms with van der Waals surface area (Å²) in [7, 11) is 0. The molecule has 0 aromatic heterocycles. The largest absolute Gasteiger partial charge is 0.454 e. The van der Waals surface area contributed by atoms with Gasteiger partial charge in [-0.25, -0.2) is 0 Å². The first-order valence-electron chi connectivity index (χ1n) is 8.57. The Morgan fingerprint density at radius 2 is 1.78 bits per heavy atom. The first-order valence-corrected chi connectivity index (χ1v) is 8.57. The van der Waals surface area contributed by atoms with Crippen LogP contribution in [-0.2, 0) is 10.2 Å². The van der Waals surface area contributed by atoms with Crippen molar-refractivity contribution in [2.24, 2.45) is 0 Å². The molecule has 23 heavy (non-hydrogen) atoms. The van der Waals surface area contributed by atoms with Gasteiger partial charge in [-0.2, -0.15) is 0 Å². The van der Waals surface area contributed by atoms with Gasteiger partial charge in [-0.1, -0.05) is 18.9 Å². The predicted octanol–water partition coefficient (Wildman–Crippen LogP) is 3.42. The molecule has 128 valence electrons. The van der Waals surface area contributed by atoms with Crippen molar-refractivity contribution in [1.29, 1.82) is 0 Å². The minimum atomic E-state index is 0. The number of hydrogen-bond acceptors (Lipinski definition) is 4. The topological polar surface area (TPSA) is 39.7 Å². The van der Waals surface area contributed by atoms with Gasteiger partial charge in [0.25, 0.3) is 0 Å². The van der Waals surface area contributed by atoms with Crippen LogP contribution in [0.15, 0.2) is 18.2 Å². The Balaban J connectivity index is 0.00000156. The van der Waals surface area contributed by atoms with E-state index in [1.807, 2.05) is 0 Å². The standard InChI is InChI=1S/C18H25NO3.ClH/c1-2-4-15(3-1)19-12-18(7-9-20-10-8-18)14-5-6-16-17(11-14)22-13-21-16;/h5-6,11,15,19H,1-4,7-10,12-13H2;1H. The molecule has 1 N–H and O–H groups in total. The van der Waals surface area contributed by atoms with E-state index in [4.69, 9.17) is 14.2 Å². The highest BCUT2D eigenvalue weighted by atomic mass is 35.5. The molecule has 1 saturated carbocycles. The highest BCUT2D eigenvalue weighted by Crippen LogP contribution is 2.40. The van der Waals surface area contributed by atoms with Gasteiger partial charge in [0, 0.05) is 31.2 Å². The molecule has 2 fully saturated rings. The second-order valence-electron chi connectivity index (χ2n) is 6.82. The minimum absolute atomic E-state index is 0. The Hall–Kier alpha value is -0.970. The van der Waals surface area contributed by atoms with Crippen LogP contribution < -0.4 is 14.8 Å². The van der Waals surface area contributed by atoms with E-state index in [0.717, 1.165) is 44.1 Å². The fourth-order valence-electron chi connectivity index (χ4n) is 4.03. The fraction of sp³-hybridized carbons (Fsp3) is 0.667. The Bertz CT molecular complexity index is 525. The second-order valence-corrected chi connectivity index (χ2v) is 6.82. The molecule has 4 rings (SSSR count). The minimum Gasteiger partial charge on any atom is -0.454 e. The quantitative estimate of drug-likeness (QED) is 0.912. The zero-order valence-electron chi connectivity index (χ0n) is 13.5. The van der Waals surface area contributed by atoms with Crippen molar-refractivity contribution < 1.29 is 14.2 Å². The second kappa shape index (κ2) is 7.29. The summed E-state index contributed by atoms with van der Waals surface area (Å²) in [4.78, 5) is 0. The molecule has 0 radical (unpaired) electrons. The maximum Gasteiger partial charge on any atom is 0.231 e. The molecule has 1 aromatic carbocycles. The SMILES string of the molecule is Cl.c1cc2c(cc1C1(CNC3CCCC3)CCOCC1)OCO2. The van der Waals surface area contributed by atoms with Gasteiger partial charge < -0.3 is 19.5 Å². The number of ether oxygens (including phenoxy) is 3. The van der Waals surface area contributed by atoms with E-state index >= 15 is 0 Å². The Morgan fingerprint density at radius 1 is 1.04 bits per heavy atom. The lowest BCUT2D eigenvalue weighted by atomic mass is 9.74. The monoisotopic (exact) mass is 339 g/mol. The summed E-state index contributed by atoms with van der Waals surface area (Å²) in [6.45, 7) is 3.08. The molecule has 0 atom stereocenters. The average molecular weight is 340 g/mol. The normalized spacial score (nSPS) is 22.8. The molecule has 0 unspecified atom stereocenters. The zero-order chi connectivity index (χ0) is 14.8. The van der Waals surface area contributed by atoms with E-state index in [1.54, 1.807) is 0 Å². The first kappa shape index (κ1) is 16.9. The molecule has 1 saturated heterocycles. The van der Waals surface area contributed by atoms with Gasteiger partial charge in [0.1, 0.15) is 0 Å². The van der Waals surface area contributed by atoms with Gasteiger partial charge in [-0.05, 0) is 43.4 Å². The Kier molecular flexibility index (Phi) is 5.34. The van der Waals surface area contributed by atoms with Crippen LogP contribution in [0.25, 0.3) is 0 Å². The summed E-state index contributed by atoms with van der Waals surface area (Å²) in [5.74, 6) is 1.76. The van der Waals surface area contributed by atoms with E-state index in [1.165, 1.54) is 31.2 Å². The summed E-state index contributed by atoms with van der Waals surface area (Å²) in [5, 5.41) is 3.83. The molecule has 1 aromatic rings. The van der Waals surface area contributed by atoms with Crippen LogP contribution in [0.5, 0.6) is 11.5 Å². The smallest absolute Gasteiger partial charge is 0.231 e. The van der Waals surface area contributed by atoms with E-state index < -0.39 is 0 Å². The van der Waals surface area contributed by atoms with Crippen molar-refractivity contribution in [3.8, 4) is 11.5 Å². The molecule has 0 amide bonds. The lowest BCUT2D eigenvalue weighted by Gasteiger charge is -2.39. The lowest BCUT2D eigenvalue weighted by molar-refractivity contribution is 0.0488. The highest BCUT2D eigenvalue weighted by molar-refractivity contribution is 5.85. The molecule has 4 nitrogen and oxygen atoms in total. The van der Waals surface area contributed by atoms with E-state index in [9.17, 15) is 0 Å². The lowest BCUT2D eigenvalue weighted by Crippen LogP contribution is -2.45. The molecular formula is C18H26ClNO3. The van der Waals surface area contributed by atoms with Crippen molar-refractivity contribution in [3.05, 3.63) is 23.8 Å². The van der Waals surface area contributed by atoms with E-state index in [2.05, 4.69) is 23.5 Å². The fourth-order valence-corrected chi connectivity index (χ4v) is 4.03. The first-order chi connectivity index (χ1) is 10.9. The molecule has 2 heterocycles. The van der Waals surface area contributed by atoms with E-state index in [0.29, 0.717) is 12.8 Å². The van der Waals surface area contributed by atoms with Gasteiger partial charge in [0.15, 0.2) is 11.5 Å². The highest BCUT2D eigenvalue weighted by Gasteiger charge is 2.36. The van der Waals surface area contributed by atoms with Crippen LogP contribution >= 0.6 is 12.4 Å². The van der Waals surface area contributed by atoms with E-state index in [-0.39, 0.29) is 17.8 Å². The van der Waals surface area contributed by atoms with Crippen molar-refractivity contribution in [2.75, 3.05) is 26.6 Å². The Morgan fingerprint density at radius 3 is 2.57 bits per heavy atom. The average Bonchev–Trinajstić information content (AvgIpc) is 3.24. The molecule has 0 bridgehead atoms.